The van der Waals surface area contributed by atoms with Gasteiger partial charge in [-0.1, -0.05) is 30.3 Å². The molecule has 3 aromatic rings. The summed E-state index contributed by atoms with van der Waals surface area (Å²) in [5.74, 6) is 0.379. The molecule has 120 valence electrons. The summed E-state index contributed by atoms with van der Waals surface area (Å²) in [5, 5.41) is 0.808. The number of benzene rings is 2. The van der Waals surface area contributed by atoms with E-state index in [1.165, 1.54) is 11.9 Å². The van der Waals surface area contributed by atoms with Gasteiger partial charge < -0.3 is 9.64 Å². The van der Waals surface area contributed by atoms with Crippen LogP contribution in [0.5, 0.6) is 5.88 Å². The van der Waals surface area contributed by atoms with E-state index in [9.17, 15) is 4.79 Å². The maximum absolute atomic E-state index is 12.7. The number of fused-ring (bicyclic) bond motifs is 2. The number of anilines is 1. The van der Waals surface area contributed by atoms with Crippen molar-refractivity contribution >= 4 is 22.5 Å². The maximum atomic E-state index is 12.7. The molecule has 1 aromatic heterocycles. The van der Waals surface area contributed by atoms with E-state index < -0.39 is 0 Å². The van der Waals surface area contributed by atoms with E-state index in [1.54, 1.807) is 0 Å². The van der Waals surface area contributed by atoms with Crippen molar-refractivity contribution in [1.29, 1.82) is 0 Å². The van der Waals surface area contributed by atoms with Crippen LogP contribution in [0.3, 0.4) is 0 Å². The van der Waals surface area contributed by atoms with Gasteiger partial charge in [0.1, 0.15) is 6.33 Å². The van der Waals surface area contributed by atoms with E-state index in [-0.39, 0.29) is 18.6 Å². The number of hydrogen-bond acceptors (Lipinski definition) is 4. The molecule has 0 saturated carbocycles. The molecule has 24 heavy (non-hydrogen) atoms. The lowest BCUT2D eigenvalue weighted by Gasteiger charge is -2.22. The summed E-state index contributed by atoms with van der Waals surface area (Å²) in [6, 6.07) is 15.7. The fourth-order valence-corrected chi connectivity index (χ4v) is 3.24. The van der Waals surface area contributed by atoms with E-state index in [0.29, 0.717) is 5.88 Å². The van der Waals surface area contributed by atoms with Gasteiger partial charge in [-0.25, -0.2) is 9.97 Å². The number of hydrogen-bond donors (Lipinski definition) is 0. The zero-order valence-electron chi connectivity index (χ0n) is 13.3. The minimum absolute atomic E-state index is 0.0420. The molecule has 0 N–H and O–H groups in total. The van der Waals surface area contributed by atoms with Gasteiger partial charge in [-0.05, 0) is 37.1 Å². The Morgan fingerprint density at radius 1 is 1.17 bits per heavy atom. The maximum Gasteiger partial charge on any atom is 0.265 e. The molecule has 1 amide bonds. The summed E-state index contributed by atoms with van der Waals surface area (Å²) in [4.78, 5) is 22.9. The molecule has 2 heterocycles. The Hall–Kier alpha value is -2.95. The molecule has 0 radical (unpaired) electrons. The van der Waals surface area contributed by atoms with E-state index in [4.69, 9.17) is 4.74 Å². The fraction of sp³-hybridized carbons (Fsp3) is 0.211. The average Bonchev–Trinajstić information content (AvgIpc) is 2.95. The van der Waals surface area contributed by atoms with Gasteiger partial charge in [0.2, 0.25) is 5.88 Å². The van der Waals surface area contributed by atoms with Crippen molar-refractivity contribution < 1.29 is 9.53 Å². The SMILES string of the molecule is C[C@H]1Cc2ccccc2N1C(=O)COc1ncnc2ccccc12. The van der Waals surface area contributed by atoms with Gasteiger partial charge in [0.05, 0.1) is 10.9 Å². The lowest BCUT2D eigenvalue weighted by Crippen LogP contribution is -2.39. The number of rotatable bonds is 3. The Labute approximate surface area is 139 Å². The van der Waals surface area contributed by atoms with Crippen molar-refractivity contribution in [2.24, 2.45) is 0 Å². The Balaban J connectivity index is 1.55. The first-order valence-corrected chi connectivity index (χ1v) is 7.96. The second kappa shape index (κ2) is 5.92. The van der Waals surface area contributed by atoms with Crippen molar-refractivity contribution in [2.75, 3.05) is 11.5 Å². The number of carbonyl (C=O) groups is 1. The van der Waals surface area contributed by atoms with Gasteiger partial charge in [-0.3, -0.25) is 4.79 Å². The second-order valence-corrected chi connectivity index (χ2v) is 5.93. The summed E-state index contributed by atoms with van der Waals surface area (Å²) in [6.07, 6.45) is 2.33. The van der Waals surface area contributed by atoms with Gasteiger partial charge in [0.15, 0.2) is 6.61 Å². The topological polar surface area (TPSA) is 55.3 Å². The van der Waals surface area contributed by atoms with Gasteiger partial charge in [0, 0.05) is 11.7 Å². The first kappa shape index (κ1) is 14.6. The molecule has 1 atom stereocenters. The Kier molecular flexibility index (Phi) is 3.61. The van der Waals surface area contributed by atoms with E-state index in [0.717, 1.165) is 23.0 Å². The molecule has 1 aliphatic rings. The van der Waals surface area contributed by atoms with Gasteiger partial charge >= 0.3 is 0 Å². The third-order valence-corrected chi connectivity index (χ3v) is 4.31. The van der Waals surface area contributed by atoms with Crippen LogP contribution in [0, 0.1) is 0 Å². The summed E-state index contributed by atoms with van der Waals surface area (Å²) < 4.78 is 5.71. The molecule has 0 bridgehead atoms. The van der Waals surface area contributed by atoms with Crippen molar-refractivity contribution in [1.82, 2.24) is 9.97 Å². The molecule has 0 aliphatic carbocycles. The highest BCUT2D eigenvalue weighted by Crippen LogP contribution is 2.32. The largest absolute Gasteiger partial charge is 0.467 e. The summed E-state index contributed by atoms with van der Waals surface area (Å²) in [6.45, 7) is 2.01. The summed E-state index contributed by atoms with van der Waals surface area (Å²) in [5.41, 5.74) is 2.98. The fourth-order valence-electron chi connectivity index (χ4n) is 3.24. The van der Waals surface area contributed by atoms with Crippen molar-refractivity contribution in [3.63, 3.8) is 0 Å². The second-order valence-electron chi connectivity index (χ2n) is 5.93. The number of ether oxygens (including phenoxy) is 1. The molecule has 0 fully saturated rings. The number of para-hydroxylation sites is 2. The molecule has 5 nitrogen and oxygen atoms in total. The van der Waals surface area contributed by atoms with Crippen molar-refractivity contribution in [3.05, 3.63) is 60.4 Å². The Morgan fingerprint density at radius 3 is 2.88 bits per heavy atom. The molecule has 0 unspecified atom stereocenters. The van der Waals surface area contributed by atoms with Gasteiger partial charge in [0.25, 0.3) is 5.91 Å². The van der Waals surface area contributed by atoms with Crippen molar-refractivity contribution in [3.8, 4) is 5.88 Å². The lowest BCUT2D eigenvalue weighted by molar-refractivity contribution is -0.120. The van der Waals surface area contributed by atoms with Gasteiger partial charge in [-0.15, -0.1) is 0 Å². The first-order valence-electron chi connectivity index (χ1n) is 7.96. The predicted octanol–water partition coefficient (Wildman–Crippen LogP) is 2.99. The third-order valence-electron chi connectivity index (χ3n) is 4.31. The van der Waals surface area contributed by atoms with E-state index in [2.05, 4.69) is 23.0 Å². The minimum Gasteiger partial charge on any atom is -0.467 e. The first-order chi connectivity index (χ1) is 11.7. The number of aromatic nitrogens is 2. The highest BCUT2D eigenvalue weighted by Gasteiger charge is 2.30. The van der Waals surface area contributed by atoms with E-state index >= 15 is 0 Å². The molecule has 1 aliphatic heterocycles. The number of nitrogens with zero attached hydrogens (tertiary/aromatic N) is 3. The average molecular weight is 319 g/mol. The van der Waals surface area contributed by atoms with Crippen LogP contribution in [-0.4, -0.2) is 28.5 Å². The summed E-state index contributed by atoms with van der Waals surface area (Å²) in [7, 11) is 0. The summed E-state index contributed by atoms with van der Waals surface area (Å²) >= 11 is 0. The minimum atomic E-state index is -0.0601. The number of carbonyl (C=O) groups excluding carboxylic acids is 1. The van der Waals surface area contributed by atoms with E-state index in [1.807, 2.05) is 47.4 Å². The molecule has 2 aromatic carbocycles. The van der Waals surface area contributed by atoms with Crippen molar-refractivity contribution in [2.45, 2.75) is 19.4 Å². The standard InChI is InChI=1S/C19H17N3O2/c1-13-10-14-6-2-5-9-17(14)22(13)18(23)11-24-19-15-7-3-4-8-16(15)20-12-21-19/h2-9,12-13H,10-11H2,1H3/t13-/m0/s1. The van der Waals surface area contributed by atoms with Crippen LogP contribution >= 0.6 is 0 Å². The molecule has 4 rings (SSSR count). The highest BCUT2D eigenvalue weighted by atomic mass is 16.5. The monoisotopic (exact) mass is 319 g/mol. The zero-order valence-corrected chi connectivity index (χ0v) is 13.3. The normalized spacial score (nSPS) is 16.2. The van der Waals surface area contributed by atoms with Crippen LogP contribution in [0.15, 0.2) is 54.9 Å². The zero-order chi connectivity index (χ0) is 16.5. The third kappa shape index (κ3) is 2.48. The van der Waals surface area contributed by atoms with Gasteiger partial charge in [-0.2, -0.15) is 0 Å². The molecule has 0 saturated heterocycles. The van der Waals surface area contributed by atoms with Crippen LogP contribution in [0.1, 0.15) is 12.5 Å². The Morgan fingerprint density at radius 2 is 1.96 bits per heavy atom. The van der Waals surface area contributed by atoms with Crippen LogP contribution in [0.25, 0.3) is 10.9 Å². The quantitative estimate of drug-likeness (QED) is 0.745. The predicted molar refractivity (Wildman–Crippen MR) is 92.1 cm³/mol. The molecule has 0 spiro atoms. The molecule has 5 heteroatoms. The number of amides is 1. The lowest BCUT2D eigenvalue weighted by atomic mass is 10.1. The van der Waals surface area contributed by atoms with Crippen LogP contribution in [0.2, 0.25) is 0 Å². The highest BCUT2D eigenvalue weighted by molar-refractivity contribution is 5.97. The van der Waals surface area contributed by atoms with Crippen LogP contribution in [-0.2, 0) is 11.2 Å². The molecular weight excluding hydrogens is 302 g/mol. The smallest absolute Gasteiger partial charge is 0.265 e. The van der Waals surface area contributed by atoms with Crippen LogP contribution < -0.4 is 9.64 Å². The Bertz CT molecular complexity index is 905. The molecular formula is C19H17N3O2. The van der Waals surface area contributed by atoms with Crippen LogP contribution in [0.4, 0.5) is 5.69 Å².